The minimum atomic E-state index is 0.0977. The minimum Gasteiger partial charge on any atom is -0.463 e. The average molecular weight is 280 g/mol. The third-order valence-electron chi connectivity index (χ3n) is 2.40. The molecule has 0 spiro atoms. The van der Waals surface area contributed by atoms with Crippen LogP contribution in [0.15, 0.2) is 0 Å². The molecule has 0 aliphatic heterocycles. The number of hydrogen-bond donors (Lipinski definition) is 1. The van der Waals surface area contributed by atoms with Crippen molar-refractivity contribution in [3.63, 3.8) is 0 Å². The molecule has 1 rings (SSSR count). The summed E-state index contributed by atoms with van der Waals surface area (Å²) in [6.45, 7) is 4.07. The molecule has 0 unspecified atom stereocenters. The molecule has 20 heavy (non-hydrogen) atoms. The Labute approximate surface area is 118 Å². The molecular formula is C12H20N6O2. The van der Waals surface area contributed by atoms with Crippen LogP contribution in [-0.4, -0.2) is 48.4 Å². The first-order valence-corrected chi connectivity index (χ1v) is 6.46. The molecule has 0 atom stereocenters. The van der Waals surface area contributed by atoms with Crippen LogP contribution in [0.25, 0.3) is 0 Å². The van der Waals surface area contributed by atoms with Crippen LogP contribution < -0.4 is 15.4 Å². The van der Waals surface area contributed by atoms with Crippen LogP contribution in [-0.2, 0) is 4.74 Å². The molecule has 0 bridgehead atoms. The van der Waals surface area contributed by atoms with Gasteiger partial charge in [-0.3, -0.25) is 0 Å². The number of aromatic nitrogens is 3. The number of nitriles is 1. The molecule has 0 amide bonds. The third-order valence-corrected chi connectivity index (χ3v) is 2.40. The first-order chi connectivity index (χ1) is 9.71. The third kappa shape index (κ3) is 5.24. The molecule has 0 aromatic carbocycles. The lowest BCUT2D eigenvalue weighted by atomic mass is 10.4. The van der Waals surface area contributed by atoms with E-state index in [1.54, 1.807) is 7.11 Å². The second-order valence-electron chi connectivity index (χ2n) is 4.01. The Hall–Kier alpha value is -2.14. The zero-order valence-corrected chi connectivity index (χ0v) is 11.9. The molecule has 0 radical (unpaired) electrons. The van der Waals surface area contributed by atoms with E-state index < -0.39 is 0 Å². The molecule has 8 nitrogen and oxygen atoms in total. The summed E-state index contributed by atoms with van der Waals surface area (Å²) < 4.78 is 10.4. The zero-order chi connectivity index (χ0) is 14.8. The predicted octanol–water partition coefficient (Wildman–Crippen LogP) is 0.609. The van der Waals surface area contributed by atoms with Gasteiger partial charge in [-0.2, -0.15) is 20.2 Å². The van der Waals surface area contributed by atoms with Gasteiger partial charge in [0.2, 0.25) is 11.9 Å². The van der Waals surface area contributed by atoms with Gasteiger partial charge in [0.15, 0.2) is 0 Å². The molecule has 0 aliphatic carbocycles. The maximum absolute atomic E-state index is 8.70. The van der Waals surface area contributed by atoms with Gasteiger partial charge in [-0.15, -0.1) is 0 Å². The van der Waals surface area contributed by atoms with E-state index in [0.717, 1.165) is 6.42 Å². The Bertz CT molecular complexity index is 448. The molecule has 1 heterocycles. The summed E-state index contributed by atoms with van der Waals surface area (Å²) in [6, 6.07) is 2.29. The van der Waals surface area contributed by atoms with Crippen molar-refractivity contribution < 1.29 is 9.47 Å². The van der Waals surface area contributed by atoms with Gasteiger partial charge in [-0.1, -0.05) is 6.92 Å². The van der Waals surface area contributed by atoms with Crippen molar-refractivity contribution in [2.75, 3.05) is 44.0 Å². The number of rotatable bonds is 9. The van der Waals surface area contributed by atoms with Crippen LogP contribution in [0.5, 0.6) is 6.01 Å². The van der Waals surface area contributed by atoms with Crippen LogP contribution in [0.1, 0.15) is 19.8 Å². The highest BCUT2D eigenvalue weighted by Gasteiger charge is 2.13. The number of methoxy groups -OCH3 is 1. The van der Waals surface area contributed by atoms with E-state index in [4.69, 9.17) is 20.5 Å². The summed E-state index contributed by atoms with van der Waals surface area (Å²) in [5.41, 5.74) is 5.66. The fraction of sp³-hybridized carbons (Fsp3) is 0.667. The standard InChI is InChI=1S/C12H20N6O2/c1-3-8-20-12-16-10(14)15-11(17-12)18(6-4-5-13)7-9-19-2/h3-4,6-9H2,1-2H3,(H2,14,15,16,17). The van der Waals surface area contributed by atoms with Crippen molar-refractivity contribution in [3.05, 3.63) is 0 Å². The summed E-state index contributed by atoms with van der Waals surface area (Å²) in [6.07, 6.45) is 1.21. The van der Waals surface area contributed by atoms with E-state index in [1.165, 1.54) is 0 Å². The summed E-state index contributed by atoms with van der Waals surface area (Å²) >= 11 is 0. The SMILES string of the molecule is CCCOc1nc(N)nc(N(CCC#N)CCOC)n1. The number of hydrogen-bond acceptors (Lipinski definition) is 8. The number of nitrogen functional groups attached to an aromatic ring is 1. The Morgan fingerprint density at radius 3 is 2.70 bits per heavy atom. The van der Waals surface area contributed by atoms with Gasteiger partial charge in [0.05, 0.1) is 25.7 Å². The van der Waals surface area contributed by atoms with Crippen LogP contribution >= 0.6 is 0 Å². The highest BCUT2D eigenvalue weighted by molar-refractivity contribution is 5.36. The Balaban J connectivity index is 2.87. The molecule has 0 aliphatic rings. The largest absolute Gasteiger partial charge is 0.463 e. The fourth-order valence-corrected chi connectivity index (χ4v) is 1.46. The Morgan fingerprint density at radius 2 is 2.05 bits per heavy atom. The van der Waals surface area contributed by atoms with Crippen molar-refractivity contribution >= 4 is 11.9 Å². The highest BCUT2D eigenvalue weighted by atomic mass is 16.5. The molecule has 0 saturated heterocycles. The monoisotopic (exact) mass is 280 g/mol. The molecular weight excluding hydrogens is 260 g/mol. The molecule has 0 saturated carbocycles. The van der Waals surface area contributed by atoms with Crippen LogP contribution in [0.4, 0.5) is 11.9 Å². The fourth-order valence-electron chi connectivity index (χ4n) is 1.46. The normalized spacial score (nSPS) is 10.1. The molecule has 0 fully saturated rings. The lowest BCUT2D eigenvalue weighted by Crippen LogP contribution is -2.30. The van der Waals surface area contributed by atoms with E-state index in [-0.39, 0.29) is 12.0 Å². The van der Waals surface area contributed by atoms with Gasteiger partial charge >= 0.3 is 6.01 Å². The first-order valence-electron chi connectivity index (χ1n) is 6.46. The van der Waals surface area contributed by atoms with E-state index in [2.05, 4.69) is 21.0 Å². The lowest BCUT2D eigenvalue weighted by Gasteiger charge is -2.21. The molecule has 110 valence electrons. The smallest absolute Gasteiger partial charge is 0.323 e. The van der Waals surface area contributed by atoms with Crippen molar-refractivity contribution in [3.8, 4) is 12.1 Å². The average Bonchev–Trinajstić information content (AvgIpc) is 2.44. The minimum absolute atomic E-state index is 0.0977. The van der Waals surface area contributed by atoms with E-state index in [1.807, 2.05) is 11.8 Å². The van der Waals surface area contributed by atoms with Crippen molar-refractivity contribution in [2.24, 2.45) is 0 Å². The molecule has 2 N–H and O–H groups in total. The maximum Gasteiger partial charge on any atom is 0.323 e. The van der Waals surface area contributed by atoms with Gasteiger partial charge in [-0.05, 0) is 6.42 Å². The molecule has 1 aromatic heterocycles. The number of anilines is 2. The molecule has 8 heteroatoms. The van der Waals surface area contributed by atoms with E-state index >= 15 is 0 Å². The number of ether oxygens (including phenoxy) is 2. The van der Waals surface area contributed by atoms with E-state index in [9.17, 15) is 0 Å². The van der Waals surface area contributed by atoms with E-state index in [0.29, 0.717) is 38.7 Å². The number of nitrogens with zero attached hydrogens (tertiary/aromatic N) is 5. The summed E-state index contributed by atoms with van der Waals surface area (Å²) in [7, 11) is 1.61. The lowest BCUT2D eigenvalue weighted by molar-refractivity contribution is 0.205. The van der Waals surface area contributed by atoms with Crippen LogP contribution in [0.3, 0.4) is 0 Å². The second kappa shape index (κ2) is 8.87. The van der Waals surface area contributed by atoms with Gasteiger partial charge < -0.3 is 20.1 Å². The number of nitrogens with two attached hydrogens (primary N) is 1. The quantitative estimate of drug-likeness (QED) is 0.700. The van der Waals surface area contributed by atoms with Crippen molar-refractivity contribution in [1.29, 1.82) is 5.26 Å². The van der Waals surface area contributed by atoms with Crippen LogP contribution in [0.2, 0.25) is 0 Å². The topological polar surface area (TPSA) is 110 Å². The summed E-state index contributed by atoms with van der Waals surface area (Å²) in [5.74, 6) is 0.497. The zero-order valence-electron chi connectivity index (χ0n) is 11.9. The molecule has 1 aromatic rings. The van der Waals surface area contributed by atoms with Gasteiger partial charge in [0, 0.05) is 20.2 Å². The summed E-state index contributed by atoms with van der Waals surface area (Å²) in [5, 5.41) is 8.70. The van der Waals surface area contributed by atoms with Crippen LogP contribution in [0, 0.1) is 11.3 Å². The second-order valence-corrected chi connectivity index (χ2v) is 4.01. The summed E-state index contributed by atoms with van der Waals surface area (Å²) in [4.78, 5) is 14.0. The Morgan fingerprint density at radius 1 is 1.25 bits per heavy atom. The van der Waals surface area contributed by atoms with Gasteiger partial charge in [-0.25, -0.2) is 0 Å². The highest BCUT2D eigenvalue weighted by Crippen LogP contribution is 2.14. The first kappa shape index (κ1) is 15.9. The van der Waals surface area contributed by atoms with Gasteiger partial charge in [0.25, 0.3) is 0 Å². The predicted molar refractivity (Wildman–Crippen MR) is 74.3 cm³/mol. The van der Waals surface area contributed by atoms with Gasteiger partial charge in [0.1, 0.15) is 0 Å². The van der Waals surface area contributed by atoms with Crippen molar-refractivity contribution in [2.45, 2.75) is 19.8 Å². The Kier molecular flexibility index (Phi) is 7.06. The van der Waals surface area contributed by atoms with Crippen molar-refractivity contribution in [1.82, 2.24) is 15.0 Å². The maximum atomic E-state index is 8.70.